The maximum Gasteiger partial charge on any atom is 3.00 e. The van der Waals surface area contributed by atoms with Gasteiger partial charge in [-0.05, 0) is 175 Å². The molecule has 13 heteroatoms. The summed E-state index contributed by atoms with van der Waals surface area (Å²) in [6, 6.07) is 10.8. The van der Waals surface area contributed by atoms with E-state index < -0.39 is 49.9 Å². The van der Waals surface area contributed by atoms with Crippen molar-refractivity contribution >= 4 is 0 Å². The molecular weight excluding hydrogens is 853 g/mol. The summed E-state index contributed by atoms with van der Waals surface area (Å²) < 4.78 is 0. The summed E-state index contributed by atoms with van der Waals surface area (Å²) in [4.78, 5) is 0. The zero-order chi connectivity index (χ0) is 45.7. The van der Waals surface area contributed by atoms with Crippen LogP contribution in [0.1, 0.15) is 175 Å². The smallest absolute Gasteiger partial charge is 0.872 e. The minimum absolute atomic E-state index is 0. The molecule has 12 nitrogen and oxygen atoms in total. The van der Waals surface area contributed by atoms with Crippen LogP contribution < -0.4 is 66.9 Å². The van der Waals surface area contributed by atoms with Gasteiger partial charge in [-0.2, -0.15) is 0 Å². The number of nitrogens with two attached hydrogens (primary N) is 9. The van der Waals surface area contributed by atoms with Gasteiger partial charge in [0.1, 0.15) is 0 Å². The van der Waals surface area contributed by atoms with Gasteiger partial charge < -0.3 is 66.9 Å². The van der Waals surface area contributed by atoms with Crippen molar-refractivity contribution in [3.05, 3.63) is 86.5 Å². The molecule has 18 N–H and O–H groups in total. The zero-order valence-electron chi connectivity index (χ0n) is 39.0. The molecule has 3 rings (SSSR count). The number of benzene rings is 3. The fraction of sp³-hybridized carbons (Fsp3) is 0.600. The van der Waals surface area contributed by atoms with E-state index in [-0.39, 0.29) is 52.8 Å². The summed E-state index contributed by atoms with van der Waals surface area (Å²) in [6.07, 6.45) is 0. The Morgan fingerprint density at radius 1 is 0.259 bits per heavy atom. The predicted molar refractivity (Wildman–Crippen MR) is 233 cm³/mol. The molecule has 0 aliphatic rings. The molecule has 0 unspecified atom stereocenters. The maximum atomic E-state index is 12.5. The van der Waals surface area contributed by atoms with E-state index >= 15 is 0 Å². The largest absolute Gasteiger partial charge is 3.00 e. The Bertz CT molecular complexity index is 1540. The molecule has 3 aromatic rings. The number of hydrogen-bond acceptors (Lipinski definition) is 12. The summed E-state index contributed by atoms with van der Waals surface area (Å²) >= 11 is 0. The van der Waals surface area contributed by atoms with Crippen LogP contribution in [-0.4, -0.2) is 0 Å². The van der Waals surface area contributed by atoms with Crippen molar-refractivity contribution in [1.29, 1.82) is 0 Å². The summed E-state index contributed by atoms with van der Waals surface area (Å²) in [5.41, 5.74) is 55.0. The Labute approximate surface area is 378 Å². The van der Waals surface area contributed by atoms with Gasteiger partial charge in [-0.1, -0.05) is 53.6 Å². The van der Waals surface area contributed by atoms with E-state index in [0.717, 1.165) is 16.7 Å². The first kappa shape index (κ1) is 55.9. The van der Waals surface area contributed by atoms with Crippen LogP contribution in [0.2, 0.25) is 0 Å². The second-order valence-corrected chi connectivity index (χ2v) is 21.2. The average Bonchev–Trinajstić information content (AvgIpc) is 2.92. The molecule has 0 amide bonds. The van der Waals surface area contributed by atoms with Crippen LogP contribution in [0.25, 0.3) is 0 Å². The van der Waals surface area contributed by atoms with Crippen molar-refractivity contribution in [2.75, 3.05) is 0 Å². The van der Waals surface area contributed by atoms with Gasteiger partial charge in [-0.25, -0.2) is 0 Å². The van der Waals surface area contributed by atoms with Crippen molar-refractivity contribution in [2.45, 2.75) is 174 Å². The first-order valence-electron chi connectivity index (χ1n) is 19.4. The second-order valence-electron chi connectivity index (χ2n) is 21.2. The second kappa shape index (κ2) is 18.1. The molecule has 3 aromatic carbocycles. The third kappa shape index (κ3) is 15.1. The van der Waals surface area contributed by atoms with Crippen LogP contribution in [0, 0.1) is 35.6 Å². The first-order valence-corrected chi connectivity index (χ1v) is 19.4. The van der Waals surface area contributed by atoms with E-state index in [2.05, 4.69) is 0 Å². The summed E-state index contributed by atoms with van der Waals surface area (Å²) in [5.74, 6) is -0.269. The van der Waals surface area contributed by atoms with E-state index in [4.69, 9.17) is 51.6 Å². The van der Waals surface area contributed by atoms with Gasteiger partial charge in [0.25, 0.3) is 0 Å². The van der Waals surface area contributed by atoms with Gasteiger partial charge in [0.2, 0.25) is 0 Å². The zero-order valence-corrected chi connectivity index (χ0v) is 42.6. The first-order chi connectivity index (χ1) is 24.7. The van der Waals surface area contributed by atoms with Crippen molar-refractivity contribution in [1.82, 2.24) is 0 Å². The van der Waals surface area contributed by atoms with Gasteiger partial charge in [0, 0.05) is 49.9 Å². The summed E-state index contributed by atoms with van der Waals surface area (Å²) in [5, 5.41) is 37.6. The Balaban J connectivity index is 0.000000833. The fourth-order valence-corrected chi connectivity index (χ4v) is 5.87. The molecule has 0 heterocycles. The van der Waals surface area contributed by atoms with E-state index in [1.807, 2.05) is 125 Å². The third-order valence-electron chi connectivity index (χ3n) is 9.66. The summed E-state index contributed by atoms with van der Waals surface area (Å²) in [7, 11) is 0. The number of hydrogen-bond donors (Lipinski definition) is 9. The molecule has 0 aliphatic heterocycles. The molecule has 0 aliphatic carbocycles. The molecular formula is C45H78LaN9O3. The predicted octanol–water partition coefficient (Wildman–Crippen LogP) is 4.02. The van der Waals surface area contributed by atoms with Crippen LogP contribution in [0.4, 0.5) is 0 Å². The quantitative estimate of drug-likeness (QED) is 0.147. The minimum atomic E-state index is -0.724. The van der Waals surface area contributed by atoms with Crippen LogP contribution >= 0.6 is 0 Å². The van der Waals surface area contributed by atoms with Gasteiger partial charge >= 0.3 is 35.6 Å². The van der Waals surface area contributed by atoms with E-state index in [9.17, 15) is 15.3 Å². The molecule has 0 atom stereocenters. The van der Waals surface area contributed by atoms with Crippen LogP contribution in [0.3, 0.4) is 0 Å². The maximum absolute atomic E-state index is 12.5. The van der Waals surface area contributed by atoms with Gasteiger partial charge in [-0.15, -0.1) is 0 Å². The molecule has 58 heavy (non-hydrogen) atoms. The minimum Gasteiger partial charge on any atom is -0.872 e. The third-order valence-corrected chi connectivity index (χ3v) is 9.66. The van der Waals surface area contributed by atoms with Crippen molar-refractivity contribution in [3.63, 3.8) is 0 Å². The van der Waals surface area contributed by atoms with Crippen molar-refractivity contribution in [2.24, 2.45) is 51.6 Å². The van der Waals surface area contributed by atoms with Gasteiger partial charge in [0.15, 0.2) is 0 Å². The average molecular weight is 932 g/mol. The molecule has 0 fully saturated rings. The normalized spacial score (nSPS) is 13.5. The SMILES string of the molecule is CC(C)(N)c1cc(C(C)(C)N)c([O-])c(C(C)(C)N)c1.CC(C)(N)c1cc(C(C)(C)N)c([O-])c(C(C)(C)N)c1.CC(C)(N)c1cc(C(C)(C)N)c([O-])c(C(C)(C)N)c1.[La+3]. The standard InChI is InChI=1S/3C15H27N3O.La/c3*1-13(2,16)9-7-10(14(3,4)17)12(19)11(8-9)15(5,6)18;/h3*7-8,19H,16-18H2,1-6H3;/q;;;+3/p-3. The van der Waals surface area contributed by atoms with E-state index in [1.54, 1.807) is 36.4 Å². The van der Waals surface area contributed by atoms with Crippen molar-refractivity contribution in [3.8, 4) is 17.2 Å². The van der Waals surface area contributed by atoms with Crippen LogP contribution in [0.15, 0.2) is 36.4 Å². The van der Waals surface area contributed by atoms with Gasteiger partial charge in [-0.3, -0.25) is 0 Å². The molecule has 0 radical (unpaired) electrons. The molecule has 0 aromatic heterocycles. The Hall–Kier alpha value is -2.11. The fourth-order valence-electron chi connectivity index (χ4n) is 5.87. The number of rotatable bonds is 9. The molecule has 324 valence electrons. The Morgan fingerprint density at radius 2 is 0.362 bits per heavy atom. The van der Waals surface area contributed by atoms with Gasteiger partial charge in [0.05, 0.1) is 0 Å². The molecule has 0 bridgehead atoms. The Kier molecular flexibility index (Phi) is 17.4. The molecule has 0 saturated carbocycles. The molecule has 0 spiro atoms. The van der Waals surface area contributed by atoms with Crippen LogP contribution in [-0.2, 0) is 49.9 Å². The van der Waals surface area contributed by atoms with Crippen LogP contribution in [0.5, 0.6) is 17.2 Å². The van der Waals surface area contributed by atoms with E-state index in [0.29, 0.717) is 33.4 Å². The topological polar surface area (TPSA) is 303 Å². The Morgan fingerprint density at radius 3 is 0.431 bits per heavy atom. The molecule has 0 saturated heterocycles. The summed E-state index contributed by atoms with van der Waals surface area (Å²) in [6.45, 7) is 33.1. The monoisotopic (exact) mass is 932 g/mol. The van der Waals surface area contributed by atoms with Crippen molar-refractivity contribution < 1.29 is 50.9 Å². The van der Waals surface area contributed by atoms with E-state index in [1.165, 1.54) is 0 Å².